The van der Waals surface area contributed by atoms with Gasteiger partial charge in [0.2, 0.25) is 0 Å². The molecule has 0 N–H and O–H groups in total. The van der Waals surface area contributed by atoms with Crippen LogP contribution in [0.15, 0.2) is 24.4 Å². The van der Waals surface area contributed by atoms with Crippen LogP contribution in [0.1, 0.15) is 54.2 Å². The molecule has 0 saturated heterocycles. The largest absolute Gasteiger partial charge is 0.462 e. The Kier molecular flexibility index (Phi) is 6.26. The van der Waals surface area contributed by atoms with Crippen molar-refractivity contribution in [2.75, 3.05) is 0 Å². The van der Waals surface area contributed by atoms with Crippen LogP contribution >= 0.6 is 11.6 Å². The molecule has 0 fully saturated rings. The summed E-state index contributed by atoms with van der Waals surface area (Å²) in [6.07, 6.45) is 6.46. The highest BCUT2D eigenvalue weighted by atomic mass is 35.5. The Bertz CT molecular complexity index is 834. The minimum atomic E-state index is -0.407. The van der Waals surface area contributed by atoms with E-state index < -0.39 is 6.10 Å². The van der Waals surface area contributed by atoms with Crippen molar-refractivity contribution in [3.63, 3.8) is 0 Å². The molecule has 0 radical (unpaired) electrons. The van der Waals surface area contributed by atoms with Crippen LogP contribution in [0.25, 0.3) is 0 Å². The van der Waals surface area contributed by atoms with Crippen LogP contribution in [-0.4, -0.2) is 32.9 Å². The summed E-state index contributed by atoms with van der Waals surface area (Å²) in [7, 11) is 1.85. The van der Waals surface area contributed by atoms with Gasteiger partial charge in [-0.25, -0.2) is 0 Å². The maximum atomic E-state index is 12.8. The molecule has 2 aromatic rings. The molecule has 2 atom stereocenters. The number of nitrogens with zero attached hydrogens (tertiary/aromatic N) is 3. The van der Waals surface area contributed by atoms with Gasteiger partial charge in [0.05, 0.1) is 16.6 Å². The number of halogens is 1. The highest BCUT2D eigenvalue weighted by Crippen LogP contribution is 2.35. The van der Waals surface area contributed by atoms with Crippen LogP contribution in [-0.2, 0) is 29.4 Å². The summed E-state index contributed by atoms with van der Waals surface area (Å²) in [6.45, 7) is 1.39. The van der Waals surface area contributed by atoms with Crippen molar-refractivity contribution >= 4 is 23.4 Å². The number of unbranched alkanes of at least 4 members (excludes halogenated alkanes) is 2. The fourth-order valence-corrected chi connectivity index (χ4v) is 4.01. The van der Waals surface area contributed by atoms with Gasteiger partial charge in [-0.1, -0.05) is 35.4 Å². The zero-order valence-electron chi connectivity index (χ0n) is 15.7. The van der Waals surface area contributed by atoms with Crippen molar-refractivity contribution in [1.29, 1.82) is 0 Å². The van der Waals surface area contributed by atoms with Crippen LogP contribution < -0.4 is 0 Å². The lowest BCUT2D eigenvalue weighted by atomic mass is 9.93. The maximum absolute atomic E-state index is 12.8. The molecule has 1 aliphatic rings. The number of esters is 1. The van der Waals surface area contributed by atoms with E-state index in [0.717, 1.165) is 36.9 Å². The van der Waals surface area contributed by atoms with Crippen LogP contribution in [0.2, 0.25) is 5.02 Å². The van der Waals surface area contributed by atoms with E-state index in [1.165, 1.54) is 6.92 Å². The molecule has 144 valence electrons. The molecular weight excluding hydrogens is 366 g/mol. The van der Waals surface area contributed by atoms with E-state index in [0.29, 0.717) is 23.4 Å². The number of fused-ring (bicyclic) bond motifs is 1. The zero-order valence-corrected chi connectivity index (χ0v) is 16.4. The monoisotopic (exact) mass is 389 g/mol. The molecule has 27 heavy (non-hydrogen) atoms. The number of hydrogen-bond acceptors (Lipinski definition) is 5. The third-order valence-electron chi connectivity index (χ3n) is 4.96. The van der Waals surface area contributed by atoms with E-state index in [4.69, 9.17) is 16.3 Å². The molecule has 1 aliphatic carbocycles. The van der Waals surface area contributed by atoms with Crippen molar-refractivity contribution in [3.8, 4) is 0 Å². The summed E-state index contributed by atoms with van der Waals surface area (Å²) in [6, 6.07) is 5.50. The quantitative estimate of drug-likeness (QED) is 0.509. The van der Waals surface area contributed by atoms with Crippen molar-refractivity contribution < 1.29 is 14.3 Å². The van der Waals surface area contributed by atoms with Gasteiger partial charge in [0, 0.05) is 25.7 Å². The Labute approximate surface area is 163 Å². The van der Waals surface area contributed by atoms with E-state index in [9.17, 15) is 9.59 Å². The number of ketones is 1. The Balaban J connectivity index is 1.56. The normalized spacial score (nSPS) is 17.0. The summed E-state index contributed by atoms with van der Waals surface area (Å²) in [5.74, 6) is -0.709. The molecule has 0 saturated carbocycles. The standard InChI is InChI=1S/C20H24ClN3O3/c1-13(25)27-18(10-5-3-4-8-15-12-24(2)23-22-15)16-11-14-7-6-9-17(21)19(14)20(16)26/h6-7,9,12,16,18H,3-5,8,10-11H2,1-2H3. The number of aromatic nitrogens is 3. The van der Waals surface area contributed by atoms with E-state index in [-0.39, 0.29) is 17.7 Å². The van der Waals surface area contributed by atoms with Crippen molar-refractivity contribution in [2.45, 2.75) is 51.6 Å². The van der Waals surface area contributed by atoms with Crippen molar-refractivity contribution in [1.82, 2.24) is 15.0 Å². The Morgan fingerprint density at radius 3 is 2.85 bits per heavy atom. The maximum Gasteiger partial charge on any atom is 0.302 e. The number of rotatable bonds is 8. The van der Waals surface area contributed by atoms with Gasteiger partial charge in [-0.2, -0.15) is 0 Å². The topological polar surface area (TPSA) is 74.1 Å². The number of ether oxygens (including phenoxy) is 1. The average Bonchev–Trinajstić information content (AvgIpc) is 3.17. The lowest BCUT2D eigenvalue weighted by Crippen LogP contribution is -2.30. The lowest BCUT2D eigenvalue weighted by molar-refractivity contribution is -0.148. The lowest BCUT2D eigenvalue weighted by Gasteiger charge is -2.22. The van der Waals surface area contributed by atoms with Crippen LogP contribution in [0.4, 0.5) is 0 Å². The van der Waals surface area contributed by atoms with Gasteiger partial charge >= 0.3 is 5.97 Å². The number of hydrogen-bond donors (Lipinski definition) is 0. The molecular formula is C20H24ClN3O3. The van der Waals surface area contributed by atoms with Crippen LogP contribution in [0.3, 0.4) is 0 Å². The smallest absolute Gasteiger partial charge is 0.302 e. The van der Waals surface area contributed by atoms with Gasteiger partial charge in [0.1, 0.15) is 6.10 Å². The SMILES string of the molecule is CC(=O)OC(CCCCCc1cn(C)nn1)C1Cc2cccc(Cl)c2C1=O. The van der Waals surface area contributed by atoms with Crippen molar-refractivity contribution in [3.05, 3.63) is 46.2 Å². The van der Waals surface area contributed by atoms with E-state index in [1.807, 2.05) is 25.4 Å². The third kappa shape index (κ3) is 4.75. The first-order chi connectivity index (χ1) is 13.0. The van der Waals surface area contributed by atoms with E-state index >= 15 is 0 Å². The average molecular weight is 390 g/mol. The number of Topliss-reactive ketones (excluding diaryl/α,β-unsaturated/α-hetero) is 1. The molecule has 3 rings (SSSR count). The minimum absolute atomic E-state index is 0.0126. The first-order valence-corrected chi connectivity index (χ1v) is 9.67. The highest BCUT2D eigenvalue weighted by Gasteiger charge is 2.38. The predicted octanol–water partition coefficient (Wildman–Crippen LogP) is 3.56. The van der Waals surface area contributed by atoms with Crippen LogP contribution in [0.5, 0.6) is 0 Å². The van der Waals surface area contributed by atoms with Crippen LogP contribution in [0, 0.1) is 5.92 Å². The second kappa shape index (κ2) is 8.65. The fraction of sp³-hybridized carbons (Fsp3) is 0.500. The number of aryl methyl sites for hydroxylation is 2. The molecule has 1 aromatic heterocycles. The Hall–Kier alpha value is -2.21. The predicted molar refractivity (Wildman–Crippen MR) is 102 cm³/mol. The molecule has 1 aromatic carbocycles. The summed E-state index contributed by atoms with van der Waals surface area (Å²) < 4.78 is 7.21. The number of carbonyl (C=O) groups is 2. The van der Waals surface area contributed by atoms with E-state index in [2.05, 4.69) is 10.3 Å². The second-order valence-corrected chi connectivity index (χ2v) is 7.49. The van der Waals surface area contributed by atoms with Gasteiger partial charge in [-0.3, -0.25) is 14.3 Å². The van der Waals surface area contributed by atoms with Gasteiger partial charge in [0.25, 0.3) is 0 Å². The van der Waals surface area contributed by atoms with Crippen molar-refractivity contribution in [2.24, 2.45) is 13.0 Å². The number of benzene rings is 1. The summed E-state index contributed by atoms with van der Waals surface area (Å²) >= 11 is 6.20. The Morgan fingerprint density at radius 1 is 1.37 bits per heavy atom. The highest BCUT2D eigenvalue weighted by molar-refractivity contribution is 6.34. The molecule has 7 heteroatoms. The molecule has 0 spiro atoms. The molecule has 0 aliphatic heterocycles. The van der Waals surface area contributed by atoms with Gasteiger partial charge in [-0.05, 0) is 43.7 Å². The zero-order chi connectivity index (χ0) is 19.4. The summed E-state index contributed by atoms with van der Waals surface area (Å²) in [5, 5.41) is 8.48. The molecule has 2 unspecified atom stereocenters. The van der Waals surface area contributed by atoms with Gasteiger partial charge in [-0.15, -0.1) is 5.10 Å². The fourth-order valence-electron chi connectivity index (χ4n) is 3.72. The first kappa shape index (κ1) is 19.5. The first-order valence-electron chi connectivity index (χ1n) is 9.29. The Morgan fingerprint density at radius 2 is 2.19 bits per heavy atom. The number of carbonyl (C=O) groups excluding carboxylic acids is 2. The molecule has 0 bridgehead atoms. The van der Waals surface area contributed by atoms with Gasteiger partial charge in [0.15, 0.2) is 5.78 Å². The second-order valence-electron chi connectivity index (χ2n) is 7.08. The third-order valence-corrected chi connectivity index (χ3v) is 5.28. The van der Waals surface area contributed by atoms with Gasteiger partial charge < -0.3 is 4.74 Å². The van der Waals surface area contributed by atoms with E-state index in [1.54, 1.807) is 10.7 Å². The molecule has 0 amide bonds. The summed E-state index contributed by atoms with van der Waals surface area (Å²) in [5.41, 5.74) is 2.51. The summed E-state index contributed by atoms with van der Waals surface area (Å²) in [4.78, 5) is 24.4. The molecule has 6 nitrogen and oxygen atoms in total. The molecule has 1 heterocycles. The minimum Gasteiger partial charge on any atom is -0.462 e.